The van der Waals surface area contributed by atoms with Gasteiger partial charge in [-0.05, 0) is 29.3 Å². The first-order valence-corrected chi connectivity index (χ1v) is 10.2. The Morgan fingerprint density at radius 2 is 1.54 bits per heavy atom. The van der Waals surface area contributed by atoms with Gasteiger partial charge in [0.05, 0.1) is 0 Å². The van der Waals surface area contributed by atoms with E-state index in [-0.39, 0.29) is 5.91 Å². The summed E-state index contributed by atoms with van der Waals surface area (Å²) < 4.78 is 0. The molecular formula is C24H29N3O+2. The van der Waals surface area contributed by atoms with Crippen molar-refractivity contribution in [3.63, 3.8) is 0 Å². The van der Waals surface area contributed by atoms with Gasteiger partial charge >= 0.3 is 0 Å². The number of amides is 1. The van der Waals surface area contributed by atoms with Gasteiger partial charge in [0.25, 0.3) is 5.91 Å². The van der Waals surface area contributed by atoms with Crippen LogP contribution in [0.4, 0.5) is 5.69 Å². The summed E-state index contributed by atoms with van der Waals surface area (Å²) in [4.78, 5) is 15.4. The molecule has 28 heavy (non-hydrogen) atoms. The maximum absolute atomic E-state index is 12.4. The van der Waals surface area contributed by atoms with Gasteiger partial charge in [-0.15, -0.1) is 0 Å². The van der Waals surface area contributed by atoms with Gasteiger partial charge in [0.1, 0.15) is 32.7 Å². The van der Waals surface area contributed by atoms with Gasteiger partial charge < -0.3 is 15.1 Å². The summed E-state index contributed by atoms with van der Waals surface area (Å²) in [5, 5.41) is 5.74. The molecule has 1 aliphatic heterocycles. The lowest BCUT2D eigenvalue weighted by Crippen LogP contribution is -3.28. The zero-order chi connectivity index (χ0) is 19.3. The Morgan fingerprint density at radius 3 is 2.36 bits per heavy atom. The van der Waals surface area contributed by atoms with E-state index >= 15 is 0 Å². The molecule has 3 aromatic carbocycles. The van der Waals surface area contributed by atoms with Crippen LogP contribution in [-0.2, 0) is 11.3 Å². The molecule has 0 unspecified atom stereocenters. The van der Waals surface area contributed by atoms with Crippen molar-refractivity contribution in [2.24, 2.45) is 0 Å². The van der Waals surface area contributed by atoms with Gasteiger partial charge in [0.2, 0.25) is 0 Å². The van der Waals surface area contributed by atoms with E-state index in [0.717, 1.165) is 44.0 Å². The molecule has 1 fully saturated rings. The summed E-state index contributed by atoms with van der Waals surface area (Å²) >= 11 is 0. The van der Waals surface area contributed by atoms with Gasteiger partial charge in [0.15, 0.2) is 6.54 Å². The van der Waals surface area contributed by atoms with Crippen molar-refractivity contribution in [3.05, 3.63) is 77.9 Å². The third kappa shape index (κ3) is 4.41. The topological polar surface area (TPSA) is 38.0 Å². The van der Waals surface area contributed by atoms with Crippen LogP contribution in [0, 0.1) is 6.92 Å². The number of anilines is 1. The minimum atomic E-state index is 0.113. The number of rotatable bonds is 5. The van der Waals surface area contributed by atoms with Gasteiger partial charge in [-0.2, -0.15) is 0 Å². The quantitative estimate of drug-likeness (QED) is 0.613. The highest BCUT2D eigenvalue weighted by atomic mass is 16.2. The molecule has 4 rings (SSSR count). The molecule has 0 radical (unpaired) electrons. The molecule has 144 valence electrons. The predicted octanol–water partition coefficient (Wildman–Crippen LogP) is 1.07. The Balaban J connectivity index is 1.30. The Labute approximate surface area is 166 Å². The fraction of sp³-hybridized carbons (Fsp3) is 0.292. The van der Waals surface area contributed by atoms with Crippen LogP contribution in [0.25, 0.3) is 10.8 Å². The van der Waals surface area contributed by atoms with Crippen LogP contribution in [-0.4, -0.2) is 38.6 Å². The van der Waals surface area contributed by atoms with E-state index in [9.17, 15) is 4.79 Å². The molecule has 4 heteroatoms. The van der Waals surface area contributed by atoms with Gasteiger partial charge in [-0.25, -0.2) is 0 Å². The van der Waals surface area contributed by atoms with Gasteiger partial charge in [-0.1, -0.05) is 60.7 Å². The maximum Gasteiger partial charge on any atom is 0.279 e. The Hall–Kier alpha value is -2.69. The van der Waals surface area contributed by atoms with Crippen LogP contribution in [0.2, 0.25) is 0 Å². The molecule has 0 bridgehead atoms. The summed E-state index contributed by atoms with van der Waals surface area (Å²) in [6.07, 6.45) is 0. The first-order valence-electron chi connectivity index (χ1n) is 10.2. The lowest BCUT2D eigenvalue weighted by atomic mass is 10.0. The number of piperazine rings is 1. The molecule has 1 heterocycles. The highest BCUT2D eigenvalue weighted by Crippen LogP contribution is 2.17. The summed E-state index contributed by atoms with van der Waals surface area (Å²) in [7, 11) is 0. The van der Waals surface area contributed by atoms with Crippen molar-refractivity contribution in [2.45, 2.75) is 13.5 Å². The Morgan fingerprint density at radius 1 is 0.857 bits per heavy atom. The van der Waals surface area contributed by atoms with E-state index in [2.05, 4.69) is 47.8 Å². The van der Waals surface area contributed by atoms with E-state index in [4.69, 9.17) is 0 Å². The van der Waals surface area contributed by atoms with E-state index < -0.39 is 0 Å². The van der Waals surface area contributed by atoms with Crippen molar-refractivity contribution in [2.75, 3.05) is 38.0 Å². The van der Waals surface area contributed by atoms with E-state index in [1.54, 1.807) is 4.90 Å². The summed E-state index contributed by atoms with van der Waals surface area (Å²) in [6, 6.07) is 23.2. The minimum Gasteiger partial charge on any atom is -0.322 e. The maximum atomic E-state index is 12.4. The first kappa shape index (κ1) is 18.7. The number of aryl methyl sites for hydroxylation is 1. The molecule has 1 aliphatic rings. The number of nitrogens with one attached hydrogen (secondary N) is 3. The van der Waals surface area contributed by atoms with Crippen LogP contribution in [0.15, 0.2) is 66.7 Å². The standard InChI is InChI=1S/C24H27N3O/c1-19-7-2-5-12-23(19)25-24(28)18-27-15-13-26(14-16-27)17-21-10-6-9-20-8-3-4-11-22(20)21/h2-12H,13-18H2,1H3,(H,25,28)/p+2. The molecule has 1 amide bonds. The van der Waals surface area contributed by atoms with Crippen molar-refractivity contribution in [1.29, 1.82) is 0 Å². The zero-order valence-electron chi connectivity index (χ0n) is 16.5. The summed E-state index contributed by atoms with van der Waals surface area (Å²) in [5.41, 5.74) is 3.45. The van der Waals surface area contributed by atoms with Crippen molar-refractivity contribution < 1.29 is 14.6 Å². The molecule has 1 saturated heterocycles. The number of fused-ring (bicyclic) bond motifs is 1. The number of carbonyl (C=O) groups excluding carboxylic acids is 1. The average Bonchev–Trinajstić information content (AvgIpc) is 2.71. The molecule has 0 spiro atoms. The minimum absolute atomic E-state index is 0.113. The second-order valence-corrected chi connectivity index (χ2v) is 7.85. The van der Waals surface area contributed by atoms with E-state index in [1.165, 1.54) is 21.2 Å². The van der Waals surface area contributed by atoms with Crippen LogP contribution in [0.1, 0.15) is 11.1 Å². The molecule has 3 aromatic rings. The van der Waals surface area contributed by atoms with Crippen LogP contribution < -0.4 is 15.1 Å². The molecule has 0 aromatic heterocycles. The van der Waals surface area contributed by atoms with Crippen LogP contribution >= 0.6 is 0 Å². The van der Waals surface area contributed by atoms with Crippen molar-refractivity contribution >= 4 is 22.4 Å². The fourth-order valence-corrected chi connectivity index (χ4v) is 4.16. The van der Waals surface area contributed by atoms with Crippen molar-refractivity contribution in [1.82, 2.24) is 0 Å². The SMILES string of the molecule is Cc1ccccc1NC(=O)C[NH+]1CC[NH+](Cc2cccc3ccccc23)CC1. The number of quaternary nitrogens is 2. The molecule has 3 N–H and O–H groups in total. The third-order valence-corrected chi connectivity index (χ3v) is 5.81. The smallest absolute Gasteiger partial charge is 0.279 e. The lowest BCUT2D eigenvalue weighted by Gasteiger charge is -2.29. The lowest BCUT2D eigenvalue weighted by molar-refractivity contribution is -1.01. The van der Waals surface area contributed by atoms with E-state index in [0.29, 0.717) is 6.54 Å². The molecular weight excluding hydrogens is 346 g/mol. The monoisotopic (exact) mass is 375 g/mol. The van der Waals surface area contributed by atoms with Gasteiger partial charge in [-0.3, -0.25) is 4.79 Å². The average molecular weight is 376 g/mol. The molecule has 4 nitrogen and oxygen atoms in total. The normalized spacial score (nSPS) is 19.5. The Bertz CT molecular complexity index is 955. The second-order valence-electron chi connectivity index (χ2n) is 7.85. The number of hydrogen-bond donors (Lipinski definition) is 3. The third-order valence-electron chi connectivity index (χ3n) is 5.81. The predicted molar refractivity (Wildman–Crippen MR) is 114 cm³/mol. The zero-order valence-corrected chi connectivity index (χ0v) is 16.5. The number of para-hydroxylation sites is 1. The van der Waals surface area contributed by atoms with Crippen LogP contribution in [0.3, 0.4) is 0 Å². The van der Waals surface area contributed by atoms with Gasteiger partial charge in [0, 0.05) is 11.3 Å². The van der Waals surface area contributed by atoms with Crippen molar-refractivity contribution in [3.8, 4) is 0 Å². The summed E-state index contributed by atoms with van der Waals surface area (Å²) in [5.74, 6) is 0.113. The molecule has 0 saturated carbocycles. The van der Waals surface area contributed by atoms with E-state index in [1.807, 2.05) is 31.2 Å². The number of hydrogen-bond acceptors (Lipinski definition) is 1. The molecule has 0 aliphatic carbocycles. The molecule has 0 atom stereocenters. The second kappa shape index (κ2) is 8.55. The van der Waals surface area contributed by atoms with Crippen LogP contribution in [0.5, 0.6) is 0 Å². The number of benzene rings is 3. The number of carbonyl (C=O) groups is 1. The largest absolute Gasteiger partial charge is 0.322 e. The highest BCUT2D eigenvalue weighted by Gasteiger charge is 2.25. The first-order chi connectivity index (χ1) is 13.7. The Kier molecular flexibility index (Phi) is 5.70. The fourth-order valence-electron chi connectivity index (χ4n) is 4.16. The highest BCUT2D eigenvalue weighted by molar-refractivity contribution is 5.92. The summed E-state index contributed by atoms with van der Waals surface area (Å²) in [6.45, 7) is 7.94.